The molecule has 0 spiro atoms. The summed E-state index contributed by atoms with van der Waals surface area (Å²) in [6.07, 6.45) is 2.88. The highest BCUT2D eigenvalue weighted by molar-refractivity contribution is 6.05. The molecule has 24 heavy (non-hydrogen) atoms. The van der Waals surface area contributed by atoms with Crippen LogP contribution in [0.5, 0.6) is 0 Å². The van der Waals surface area contributed by atoms with Crippen LogP contribution >= 0.6 is 0 Å². The van der Waals surface area contributed by atoms with E-state index < -0.39 is 0 Å². The van der Waals surface area contributed by atoms with Gasteiger partial charge in [-0.25, -0.2) is 0 Å². The number of anilines is 1. The van der Waals surface area contributed by atoms with Gasteiger partial charge in [0.2, 0.25) is 0 Å². The maximum absolute atomic E-state index is 12.8. The summed E-state index contributed by atoms with van der Waals surface area (Å²) in [5, 5.41) is 1.69. The van der Waals surface area contributed by atoms with Gasteiger partial charge in [-0.15, -0.1) is 0 Å². The number of pyridine rings is 1. The predicted octanol–water partition coefficient (Wildman–Crippen LogP) is 2.23. The summed E-state index contributed by atoms with van der Waals surface area (Å²) in [5.74, 6) is -0.384. The summed E-state index contributed by atoms with van der Waals surface area (Å²) in [6.45, 7) is 3.27. The number of nitrogens with two attached hydrogens (primary N) is 1. The van der Waals surface area contributed by atoms with Crippen molar-refractivity contribution in [3.05, 3.63) is 36.2 Å². The van der Waals surface area contributed by atoms with Crippen LogP contribution in [0.1, 0.15) is 30.3 Å². The predicted molar refractivity (Wildman–Crippen MR) is 91.4 cm³/mol. The van der Waals surface area contributed by atoms with E-state index in [1.807, 2.05) is 18.2 Å². The molecule has 3 rings (SSSR count). The lowest BCUT2D eigenvalue weighted by Gasteiger charge is -2.30. The maximum Gasteiger partial charge on any atom is 0.309 e. The van der Waals surface area contributed by atoms with Gasteiger partial charge < -0.3 is 15.4 Å². The van der Waals surface area contributed by atoms with Crippen molar-refractivity contribution in [1.82, 2.24) is 9.88 Å². The molecule has 1 saturated heterocycles. The number of piperidine rings is 1. The van der Waals surface area contributed by atoms with E-state index in [0.717, 1.165) is 10.8 Å². The van der Waals surface area contributed by atoms with E-state index in [1.54, 1.807) is 24.1 Å². The van der Waals surface area contributed by atoms with Gasteiger partial charge in [-0.05, 0) is 49.4 Å². The Bertz CT molecular complexity index is 767. The lowest BCUT2D eigenvalue weighted by molar-refractivity contribution is -0.149. The van der Waals surface area contributed by atoms with Crippen molar-refractivity contribution in [2.75, 3.05) is 25.4 Å². The number of amides is 1. The van der Waals surface area contributed by atoms with Crippen molar-refractivity contribution < 1.29 is 14.3 Å². The molecule has 1 aromatic carbocycles. The normalized spacial score (nSPS) is 15.5. The van der Waals surface area contributed by atoms with Gasteiger partial charge in [-0.3, -0.25) is 14.6 Å². The molecule has 0 bridgehead atoms. The lowest BCUT2D eigenvalue weighted by Crippen LogP contribution is -2.41. The zero-order valence-electron chi connectivity index (χ0n) is 13.7. The molecule has 6 nitrogen and oxygen atoms in total. The molecule has 126 valence electrons. The molecule has 0 aliphatic carbocycles. The molecule has 6 heteroatoms. The molecule has 2 aromatic rings. The molecule has 1 aliphatic heterocycles. The molecule has 1 amide bonds. The van der Waals surface area contributed by atoms with Crippen LogP contribution in [0.4, 0.5) is 5.69 Å². The maximum atomic E-state index is 12.8. The number of fused-ring (bicyclic) bond motifs is 1. The summed E-state index contributed by atoms with van der Waals surface area (Å²) in [4.78, 5) is 30.6. The van der Waals surface area contributed by atoms with Gasteiger partial charge in [-0.2, -0.15) is 0 Å². The number of nitrogens with zero attached hydrogens (tertiary/aromatic N) is 2. The molecule has 2 N–H and O–H groups in total. The SMILES string of the molecule is CCOC(=O)C1CCN(C(=O)c2nccc3cc(N)ccc23)CC1. The Balaban J connectivity index is 1.75. The molecule has 0 radical (unpaired) electrons. The second kappa shape index (κ2) is 6.86. The second-order valence-corrected chi connectivity index (χ2v) is 5.96. The Morgan fingerprint density at radius 2 is 2.04 bits per heavy atom. The Labute approximate surface area is 140 Å². The van der Waals surface area contributed by atoms with E-state index in [-0.39, 0.29) is 17.8 Å². The van der Waals surface area contributed by atoms with E-state index in [9.17, 15) is 9.59 Å². The third kappa shape index (κ3) is 3.18. The van der Waals surface area contributed by atoms with Crippen LogP contribution in [0.25, 0.3) is 10.8 Å². The number of likely N-dealkylation sites (tertiary alicyclic amines) is 1. The van der Waals surface area contributed by atoms with Gasteiger partial charge >= 0.3 is 5.97 Å². The summed E-state index contributed by atoms with van der Waals surface area (Å²) in [7, 11) is 0. The Hall–Kier alpha value is -2.63. The van der Waals surface area contributed by atoms with E-state index >= 15 is 0 Å². The van der Waals surface area contributed by atoms with Crippen LogP contribution in [0, 0.1) is 5.92 Å². The van der Waals surface area contributed by atoms with Crippen LogP contribution in [0.2, 0.25) is 0 Å². The van der Waals surface area contributed by atoms with Crippen molar-refractivity contribution in [3.63, 3.8) is 0 Å². The van der Waals surface area contributed by atoms with Gasteiger partial charge in [0.05, 0.1) is 12.5 Å². The monoisotopic (exact) mass is 327 g/mol. The van der Waals surface area contributed by atoms with E-state index in [0.29, 0.717) is 43.9 Å². The first kappa shape index (κ1) is 16.2. The molecule has 0 saturated carbocycles. The average Bonchev–Trinajstić information content (AvgIpc) is 2.60. The second-order valence-electron chi connectivity index (χ2n) is 5.96. The standard InChI is InChI=1S/C18H21N3O3/c1-2-24-18(23)12-6-9-21(10-7-12)17(22)16-15-4-3-14(19)11-13(15)5-8-20-16/h3-5,8,11-12H,2,6-7,9-10,19H2,1H3. The lowest BCUT2D eigenvalue weighted by atomic mass is 9.96. The van der Waals surface area contributed by atoms with Gasteiger partial charge in [0.1, 0.15) is 5.69 Å². The smallest absolute Gasteiger partial charge is 0.309 e. The number of esters is 1. The number of hydrogen-bond donors (Lipinski definition) is 1. The number of aromatic nitrogens is 1. The highest BCUT2D eigenvalue weighted by atomic mass is 16.5. The van der Waals surface area contributed by atoms with Gasteiger partial charge in [0.25, 0.3) is 5.91 Å². The van der Waals surface area contributed by atoms with E-state index in [2.05, 4.69) is 4.98 Å². The number of carbonyl (C=O) groups excluding carboxylic acids is 2. The van der Waals surface area contributed by atoms with Crippen LogP contribution < -0.4 is 5.73 Å². The number of hydrogen-bond acceptors (Lipinski definition) is 5. The minimum Gasteiger partial charge on any atom is -0.466 e. The number of rotatable bonds is 3. The molecule has 2 heterocycles. The minimum atomic E-state index is -0.164. The molecule has 1 aliphatic rings. The number of benzene rings is 1. The highest BCUT2D eigenvalue weighted by Gasteiger charge is 2.29. The molecule has 0 unspecified atom stereocenters. The molecular weight excluding hydrogens is 306 g/mol. The van der Waals surface area contributed by atoms with Crippen molar-refractivity contribution >= 4 is 28.3 Å². The van der Waals surface area contributed by atoms with E-state index in [4.69, 9.17) is 10.5 Å². The topological polar surface area (TPSA) is 85.5 Å². The fourth-order valence-electron chi connectivity index (χ4n) is 3.09. The summed E-state index contributed by atoms with van der Waals surface area (Å²) in [6, 6.07) is 7.28. The summed E-state index contributed by atoms with van der Waals surface area (Å²) >= 11 is 0. The third-order valence-electron chi connectivity index (χ3n) is 4.39. The quantitative estimate of drug-likeness (QED) is 0.690. The number of ether oxygens (including phenoxy) is 1. The van der Waals surface area contributed by atoms with Crippen molar-refractivity contribution in [2.45, 2.75) is 19.8 Å². The molecule has 1 aromatic heterocycles. The Morgan fingerprint density at radius 3 is 2.75 bits per heavy atom. The first-order valence-electron chi connectivity index (χ1n) is 8.20. The average molecular weight is 327 g/mol. The van der Waals surface area contributed by atoms with Gasteiger partial charge in [0.15, 0.2) is 0 Å². The van der Waals surface area contributed by atoms with Crippen LogP contribution in [0.15, 0.2) is 30.5 Å². The summed E-state index contributed by atoms with van der Waals surface area (Å²) < 4.78 is 5.06. The third-order valence-corrected chi connectivity index (χ3v) is 4.39. The van der Waals surface area contributed by atoms with Crippen LogP contribution in [-0.2, 0) is 9.53 Å². The fourth-order valence-corrected chi connectivity index (χ4v) is 3.09. The fraction of sp³-hybridized carbons (Fsp3) is 0.389. The Kier molecular flexibility index (Phi) is 4.64. The van der Waals surface area contributed by atoms with Gasteiger partial charge in [0, 0.05) is 30.4 Å². The zero-order chi connectivity index (χ0) is 17.1. The first-order valence-corrected chi connectivity index (χ1v) is 8.20. The minimum absolute atomic E-state index is 0.104. The van der Waals surface area contributed by atoms with Crippen LogP contribution in [-0.4, -0.2) is 41.5 Å². The largest absolute Gasteiger partial charge is 0.466 e. The molecule has 1 fully saturated rings. The van der Waals surface area contributed by atoms with Crippen LogP contribution in [0.3, 0.4) is 0 Å². The Morgan fingerprint density at radius 1 is 1.29 bits per heavy atom. The van der Waals surface area contributed by atoms with Crippen molar-refractivity contribution in [2.24, 2.45) is 5.92 Å². The van der Waals surface area contributed by atoms with E-state index in [1.165, 1.54) is 0 Å². The first-order chi connectivity index (χ1) is 11.6. The molecule has 0 atom stereocenters. The van der Waals surface area contributed by atoms with Gasteiger partial charge in [-0.1, -0.05) is 0 Å². The molecular formula is C18H21N3O3. The van der Waals surface area contributed by atoms with Crippen molar-refractivity contribution in [1.29, 1.82) is 0 Å². The zero-order valence-corrected chi connectivity index (χ0v) is 13.7. The number of nitrogen functional groups attached to an aromatic ring is 1. The summed E-state index contributed by atoms with van der Waals surface area (Å²) in [5.41, 5.74) is 6.89. The number of carbonyl (C=O) groups is 2. The van der Waals surface area contributed by atoms with Crippen molar-refractivity contribution in [3.8, 4) is 0 Å². The highest BCUT2D eigenvalue weighted by Crippen LogP contribution is 2.24.